The third-order valence-corrected chi connectivity index (χ3v) is 6.37. The van der Waals surface area contributed by atoms with E-state index in [-0.39, 0.29) is 18.4 Å². The number of carbonyl (C=O) groups is 1. The quantitative estimate of drug-likeness (QED) is 0.299. The van der Waals surface area contributed by atoms with E-state index in [1.165, 1.54) is 7.11 Å². The molecule has 0 bridgehead atoms. The smallest absolute Gasteiger partial charge is 0.309 e. The molecular formula is C28H26N4O3. The minimum atomic E-state index is -0.257. The second-order valence-electron chi connectivity index (χ2n) is 8.62. The maximum Gasteiger partial charge on any atom is 0.309 e. The van der Waals surface area contributed by atoms with Crippen LogP contribution in [0.2, 0.25) is 0 Å². The van der Waals surface area contributed by atoms with E-state index in [4.69, 9.17) is 14.2 Å². The van der Waals surface area contributed by atoms with Gasteiger partial charge in [-0.15, -0.1) is 0 Å². The molecule has 35 heavy (non-hydrogen) atoms. The summed E-state index contributed by atoms with van der Waals surface area (Å²) in [5, 5.41) is 4.11. The number of carbonyl (C=O) groups excluding carboxylic acids is 1. The summed E-state index contributed by atoms with van der Waals surface area (Å²) in [6.45, 7) is 5.98. The number of hydrogen-bond acceptors (Lipinski definition) is 6. The fourth-order valence-electron chi connectivity index (χ4n) is 4.50. The van der Waals surface area contributed by atoms with Gasteiger partial charge < -0.3 is 13.8 Å². The van der Waals surface area contributed by atoms with Crippen molar-refractivity contribution >= 4 is 17.0 Å². The maximum atomic E-state index is 11.6. The molecule has 7 nitrogen and oxygen atoms in total. The molecule has 0 saturated carbocycles. The Morgan fingerprint density at radius 1 is 1.09 bits per heavy atom. The van der Waals surface area contributed by atoms with Crippen molar-refractivity contribution in [3.05, 3.63) is 89.8 Å². The van der Waals surface area contributed by atoms with E-state index in [9.17, 15) is 4.79 Å². The van der Waals surface area contributed by atoms with Crippen LogP contribution in [-0.4, -0.2) is 32.8 Å². The van der Waals surface area contributed by atoms with Crippen LogP contribution in [0.25, 0.3) is 33.3 Å². The Hall–Kier alpha value is -4.26. The van der Waals surface area contributed by atoms with Crippen molar-refractivity contribution in [2.75, 3.05) is 7.11 Å². The van der Waals surface area contributed by atoms with Crippen LogP contribution in [0.1, 0.15) is 35.7 Å². The lowest BCUT2D eigenvalue weighted by atomic mass is 10.0. The Balaban J connectivity index is 1.65. The topological polar surface area (TPSA) is 83.0 Å². The van der Waals surface area contributed by atoms with E-state index in [0.717, 1.165) is 56.0 Å². The number of hydrogen-bond donors (Lipinski definition) is 0. The fraction of sp³-hybridized carbons (Fsp3) is 0.214. The Labute approximate surface area is 203 Å². The summed E-state index contributed by atoms with van der Waals surface area (Å²) in [6.07, 6.45) is 6.06. The van der Waals surface area contributed by atoms with E-state index in [1.54, 1.807) is 0 Å². The number of ether oxygens (including phenoxy) is 1. The predicted octanol–water partition coefficient (Wildman–Crippen LogP) is 5.69. The monoisotopic (exact) mass is 466 g/mol. The third kappa shape index (κ3) is 4.21. The van der Waals surface area contributed by atoms with Crippen molar-refractivity contribution in [2.45, 2.75) is 33.2 Å². The highest BCUT2D eigenvalue weighted by atomic mass is 16.5. The normalized spacial score (nSPS) is 12.1. The van der Waals surface area contributed by atoms with Crippen molar-refractivity contribution in [2.24, 2.45) is 0 Å². The molecule has 0 aliphatic heterocycles. The fourth-order valence-corrected chi connectivity index (χ4v) is 4.50. The lowest BCUT2D eigenvalue weighted by Crippen LogP contribution is -2.07. The van der Waals surface area contributed by atoms with Crippen LogP contribution in [0.15, 0.2) is 71.6 Å². The van der Waals surface area contributed by atoms with Gasteiger partial charge in [-0.1, -0.05) is 35.5 Å². The van der Waals surface area contributed by atoms with Crippen LogP contribution in [0, 0.1) is 13.8 Å². The van der Waals surface area contributed by atoms with Gasteiger partial charge in [0.1, 0.15) is 5.76 Å². The largest absolute Gasteiger partial charge is 0.469 e. The van der Waals surface area contributed by atoms with Gasteiger partial charge in [-0.05, 0) is 50.1 Å². The molecule has 0 aliphatic rings. The van der Waals surface area contributed by atoms with Gasteiger partial charge in [0.25, 0.3) is 0 Å². The van der Waals surface area contributed by atoms with Crippen LogP contribution in [0.3, 0.4) is 0 Å². The van der Waals surface area contributed by atoms with Crippen molar-refractivity contribution < 1.29 is 14.1 Å². The van der Waals surface area contributed by atoms with E-state index < -0.39 is 0 Å². The number of aromatic nitrogens is 4. The standard InChI is InChI=1S/C28H26N4O3/c1-17-27(19(3)35-31-17)22-14-25-28(30-15-22)23(16-32(25)18(2)24-7-5-6-12-29-24)21-10-8-20(9-11-21)13-26(33)34-4/h5-12,14-16,18H,13H2,1-4H3. The number of nitrogens with zero attached hydrogens (tertiary/aromatic N) is 4. The summed E-state index contributed by atoms with van der Waals surface area (Å²) in [7, 11) is 1.40. The minimum absolute atomic E-state index is 0.00670. The Kier molecular flexibility index (Phi) is 5.91. The van der Waals surface area contributed by atoms with Gasteiger partial charge in [0.15, 0.2) is 0 Å². The molecule has 0 aliphatic carbocycles. The summed E-state index contributed by atoms with van der Waals surface area (Å²) in [5.41, 5.74) is 8.55. The van der Waals surface area contributed by atoms with E-state index >= 15 is 0 Å². The first-order valence-electron chi connectivity index (χ1n) is 11.5. The van der Waals surface area contributed by atoms with Gasteiger partial charge in [-0.2, -0.15) is 0 Å². The summed E-state index contributed by atoms with van der Waals surface area (Å²) >= 11 is 0. The molecule has 0 saturated heterocycles. The summed E-state index contributed by atoms with van der Waals surface area (Å²) in [5.74, 6) is 0.507. The number of methoxy groups -OCH3 is 1. The third-order valence-electron chi connectivity index (χ3n) is 6.37. The second kappa shape index (κ2) is 9.18. The summed E-state index contributed by atoms with van der Waals surface area (Å²) in [4.78, 5) is 21.1. The average molecular weight is 467 g/mol. The van der Waals surface area contributed by atoms with Crippen LogP contribution >= 0.6 is 0 Å². The SMILES string of the molecule is COC(=O)Cc1ccc(-c2cn(C(C)c3ccccn3)c3cc(-c4c(C)noc4C)cnc23)cc1. The van der Waals surface area contributed by atoms with Gasteiger partial charge in [0.2, 0.25) is 0 Å². The molecule has 1 atom stereocenters. The van der Waals surface area contributed by atoms with Gasteiger partial charge in [0, 0.05) is 35.3 Å². The van der Waals surface area contributed by atoms with E-state index in [0.29, 0.717) is 0 Å². The molecule has 0 fully saturated rings. The van der Waals surface area contributed by atoms with Crippen molar-refractivity contribution in [3.8, 4) is 22.3 Å². The molecule has 0 amide bonds. The van der Waals surface area contributed by atoms with Gasteiger partial charge in [-0.25, -0.2) is 0 Å². The molecule has 176 valence electrons. The lowest BCUT2D eigenvalue weighted by Gasteiger charge is -2.15. The molecule has 1 unspecified atom stereocenters. The van der Waals surface area contributed by atoms with Crippen LogP contribution in [0.4, 0.5) is 0 Å². The zero-order chi connectivity index (χ0) is 24.5. The Morgan fingerprint density at radius 3 is 2.54 bits per heavy atom. The minimum Gasteiger partial charge on any atom is -0.469 e. The average Bonchev–Trinajstić information content (AvgIpc) is 3.43. The highest BCUT2D eigenvalue weighted by molar-refractivity contribution is 5.95. The molecular weight excluding hydrogens is 440 g/mol. The van der Waals surface area contributed by atoms with Crippen LogP contribution in [0.5, 0.6) is 0 Å². The predicted molar refractivity (Wildman–Crippen MR) is 134 cm³/mol. The Morgan fingerprint density at radius 2 is 1.89 bits per heavy atom. The molecule has 5 rings (SSSR count). The van der Waals surface area contributed by atoms with Gasteiger partial charge in [-0.3, -0.25) is 14.8 Å². The molecule has 4 heterocycles. The molecule has 0 spiro atoms. The number of aryl methyl sites for hydroxylation is 2. The first-order valence-corrected chi connectivity index (χ1v) is 11.5. The zero-order valence-corrected chi connectivity index (χ0v) is 20.1. The molecule has 0 N–H and O–H groups in total. The summed E-state index contributed by atoms with van der Waals surface area (Å²) in [6, 6.07) is 16.0. The first-order chi connectivity index (χ1) is 17.0. The molecule has 4 aromatic heterocycles. The van der Waals surface area contributed by atoms with Crippen molar-refractivity contribution in [3.63, 3.8) is 0 Å². The van der Waals surface area contributed by atoms with E-state index in [2.05, 4.69) is 33.9 Å². The summed E-state index contributed by atoms with van der Waals surface area (Å²) < 4.78 is 12.4. The number of esters is 1. The molecule has 5 aromatic rings. The van der Waals surface area contributed by atoms with Crippen LogP contribution < -0.4 is 0 Å². The van der Waals surface area contributed by atoms with E-state index in [1.807, 2.05) is 68.7 Å². The number of pyridine rings is 2. The number of rotatable bonds is 6. The highest BCUT2D eigenvalue weighted by Crippen LogP contribution is 2.36. The molecule has 0 radical (unpaired) electrons. The maximum absolute atomic E-state index is 11.6. The number of benzene rings is 1. The Bertz CT molecular complexity index is 1480. The highest BCUT2D eigenvalue weighted by Gasteiger charge is 2.20. The molecule has 7 heteroatoms. The zero-order valence-electron chi connectivity index (χ0n) is 20.1. The van der Waals surface area contributed by atoms with Crippen LogP contribution in [-0.2, 0) is 16.0 Å². The lowest BCUT2D eigenvalue weighted by molar-refractivity contribution is -0.139. The second-order valence-corrected chi connectivity index (χ2v) is 8.62. The van der Waals surface area contributed by atoms with Crippen molar-refractivity contribution in [1.29, 1.82) is 0 Å². The van der Waals surface area contributed by atoms with Gasteiger partial charge >= 0.3 is 5.97 Å². The molecule has 1 aromatic carbocycles. The van der Waals surface area contributed by atoms with Gasteiger partial charge in [0.05, 0.1) is 42.0 Å². The number of fused-ring (bicyclic) bond motifs is 1. The van der Waals surface area contributed by atoms with Crippen molar-refractivity contribution in [1.82, 2.24) is 19.7 Å². The first kappa shape index (κ1) is 22.5.